The molecule has 8 N–H and O–H groups in total. The van der Waals surface area contributed by atoms with Crippen LogP contribution in [0.3, 0.4) is 0 Å². The fraction of sp³-hybridized carbons (Fsp3) is 0.462. The maximum absolute atomic E-state index is 13.2. The number of rotatable bonds is 32. The first kappa shape index (κ1) is 81.4. The summed E-state index contributed by atoms with van der Waals surface area (Å²) in [6.07, 6.45) is -5.07. The van der Waals surface area contributed by atoms with Crippen molar-refractivity contribution in [1.82, 2.24) is 61.1 Å². The van der Waals surface area contributed by atoms with E-state index < -0.39 is 85.7 Å². The fourth-order valence-corrected chi connectivity index (χ4v) is 11.8. The lowest BCUT2D eigenvalue weighted by Gasteiger charge is -2.21. The molecule has 0 bridgehead atoms. The highest BCUT2D eigenvalue weighted by Gasteiger charge is 2.35. The van der Waals surface area contributed by atoms with Gasteiger partial charge in [0.15, 0.2) is 0 Å². The van der Waals surface area contributed by atoms with Crippen LogP contribution in [0.4, 0.5) is 26.3 Å². The minimum atomic E-state index is -4.46. The lowest BCUT2D eigenvalue weighted by Crippen LogP contribution is -2.45. The van der Waals surface area contributed by atoms with Gasteiger partial charge in [-0.2, -0.15) is 26.3 Å². The molecule has 4 amide bonds. The van der Waals surface area contributed by atoms with Crippen LogP contribution in [0.5, 0.6) is 0 Å². The highest BCUT2D eigenvalue weighted by atomic mass is 19.4. The van der Waals surface area contributed by atoms with Crippen molar-refractivity contribution in [3.63, 3.8) is 0 Å². The van der Waals surface area contributed by atoms with Crippen LogP contribution in [0.15, 0.2) is 122 Å². The molecule has 8 rings (SSSR count). The van der Waals surface area contributed by atoms with E-state index in [1.165, 1.54) is 26.6 Å². The van der Waals surface area contributed by atoms with Crippen LogP contribution in [0, 0.1) is 35.5 Å². The number of carbonyl (C=O) groups excluding carboxylic acids is 6. The Kier molecular flexibility index (Phi) is 29.0. The van der Waals surface area contributed by atoms with Gasteiger partial charge in [-0.25, -0.2) is 29.5 Å². The molecular formula is C78H98F6N12O8. The second-order valence-corrected chi connectivity index (χ2v) is 28.5. The summed E-state index contributed by atoms with van der Waals surface area (Å²) in [5.74, 6) is -1.99. The van der Waals surface area contributed by atoms with Gasteiger partial charge in [-0.3, -0.25) is 19.2 Å². The number of carbonyl (C=O) groups is 6. The average Bonchev–Trinajstić information content (AvgIpc) is 1.66. The van der Waals surface area contributed by atoms with Gasteiger partial charge in [0.25, 0.3) is 0 Å². The Morgan fingerprint density at radius 1 is 0.356 bits per heavy atom. The summed E-state index contributed by atoms with van der Waals surface area (Å²) in [6, 6.07) is 29.1. The summed E-state index contributed by atoms with van der Waals surface area (Å²) >= 11 is 0. The number of nitrogens with zero attached hydrogens (tertiary/aromatic N) is 4. The molecule has 0 aliphatic rings. The third-order valence-corrected chi connectivity index (χ3v) is 17.6. The molecule has 0 fully saturated rings. The molecular weight excluding hydrogens is 1350 g/mol. The van der Waals surface area contributed by atoms with Crippen LogP contribution in [0.1, 0.15) is 182 Å². The first-order chi connectivity index (χ1) is 49.1. The predicted molar refractivity (Wildman–Crippen MR) is 387 cm³/mol. The molecule has 6 atom stereocenters. The Balaban J connectivity index is 0.000000305. The van der Waals surface area contributed by atoms with Gasteiger partial charge in [0.2, 0.25) is 23.6 Å². The third kappa shape index (κ3) is 24.1. The lowest BCUT2D eigenvalue weighted by atomic mass is 9.96. The molecule has 4 heterocycles. The lowest BCUT2D eigenvalue weighted by molar-refractivity contribution is -0.147. The van der Waals surface area contributed by atoms with Crippen molar-refractivity contribution in [1.29, 1.82) is 0 Å². The number of alkyl halides is 6. The Hall–Kier alpha value is -9.88. The van der Waals surface area contributed by atoms with E-state index in [4.69, 9.17) is 9.47 Å². The van der Waals surface area contributed by atoms with E-state index in [9.17, 15) is 55.1 Å². The van der Waals surface area contributed by atoms with E-state index in [-0.39, 0.29) is 72.1 Å². The molecule has 0 saturated carbocycles. The van der Waals surface area contributed by atoms with Gasteiger partial charge in [0.1, 0.15) is 35.4 Å². The van der Waals surface area contributed by atoms with Crippen molar-refractivity contribution in [3.05, 3.63) is 145 Å². The van der Waals surface area contributed by atoms with Gasteiger partial charge >= 0.3 is 24.3 Å². The number of halogens is 6. The number of amides is 4. The number of esters is 2. The minimum Gasteiger partial charge on any atom is -0.467 e. The van der Waals surface area contributed by atoms with Gasteiger partial charge in [0, 0.05) is 50.4 Å². The molecule has 0 spiro atoms. The maximum Gasteiger partial charge on any atom is 0.389 e. The summed E-state index contributed by atoms with van der Waals surface area (Å²) in [6.45, 7) is 23.3. The number of nitrogens with one attached hydrogen (secondary N) is 8. The van der Waals surface area contributed by atoms with E-state index in [2.05, 4.69) is 137 Å². The normalized spacial score (nSPS) is 13.6. The van der Waals surface area contributed by atoms with E-state index in [1.807, 2.05) is 64.4 Å². The number of imidazole rings is 4. The molecule has 0 unspecified atom stereocenters. The molecule has 560 valence electrons. The SMILES string of the molecule is CC(C)CC(=O)N[C@H](c1ncc(-c2ccc(-c3ccc(-c4cnc([C@@H](NC(=O)CC(C)C)C(C)C)[nH]4)cc3)cc2)[nH]1)C(C)C.COC(=O)[C@@H](NC(=O)C[C@@H](CCC(F)(F)F)c1ncc(-c2ccc(-c3ccc(-c4cnc([C@H](CCC(F)(F)F)CC(=O)N[C@H](C(=O)OC)C(C)C)[nH]4)cc3)cc2)[nH]1)C(C)C. The molecule has 0 saturated heterocycles. The minimum absolute atomic E-state index is 0.0466. The first-order valence-corrected chi connectivity index (χ1v) is 35.2. The number of hydrogen-bond donors (Lipinski definition) is 8. The van der Waals surface area contributed by atoms with Gasteiger partial charge in [-0.15, -0.1) is 0 Å². The number of ether oxygens (including phenoxy) is 2. The Morgan fingerprint density at radius 3 is 0.827 bits per heavy atom. The van der Waals surface area contributed by atoms with Gasteiger partial charge < -0.3 is 50.7 Å². The topological polar surface area (TPSA) is 284 Å². The monoisotopic (exact) mass is 1440 g/mol. The standard InChI is InChI=1S/C42H50F6N6O6.C36H48N6O2/c1-23(2)35(39(57)59-5)53-33(55)19-29(15-17-41(43,44)45)37-49-21-31(51-37)27-11-7-25(8-12-27)26-9-13-28(14-10-26)32-22-50-38(52-32)30(16-18-42(46,47)48)20-34(56)54-36(24(3)4)40(58)60-6;1-21(2)17-31(43)41-33(23(5)6)35-37-19-29(39-35)27-13-9-25(10-14-27)26-11-15-28(16-12-26)30-20-38-36(40-30)34(24(7)8)42-32(44)18-22(3)4/h7-14,21-24,29-30,35-36H,15-20H2,1-6H3,(H,49,51)(H,50,52)(H,53,55)(H,54,56);9-16,19-24,33-34H,17-18H2,1-8H3,(H,37,39)(H,38,40)(H,41,43)(H,42,44)/t29-,30-,35+,36+;33-,34-/m10/s1. The smallest absolute Gasteiger partial charge is 0.389 e. The van der Waals surface area contributed by atoms with E-state index in [1.54, 1.807) is 52.0 Å². The summed E-state index contributed by atoms with van der Waals surface area (Å²) in [5.41, 5.74) is 10.2. The van der Waals surface area contributed by atoms with Gasteiger partial charge in [-0.1, -0.05) is 180 Å². The molecule has 4 aromatic heterocycles. The van der Waals surface area contributed by atoms with Crippen LogP contribution in [0.25, 0.3) is 67.3 Å². The van der Waals surface area contributed by atoms with E-state index in [0.29, 0.717) is 47.2 Å². The molecule has 0 radical (unpaired) electrons. The average molecular weight is 1450 g/mol. The quantitative estimate of drug-likeness (QED) is 0.0144. The largest absolute Gasteiger partial charge is 0.467 e. The number of H-pyrrole nitrogens is 4. The molecule has 20 nitrogen and oxygen atoms in total. The highest BCUT2D eigenvalue weighted by Crippen LogP contribution is 2.36. The molecule has 26 heteroatoms. The molecule has 104 heavy (non-hydrogen) atoms. The van der Waals surface area contributed by atoms with Crippen LogP contribution in [-0.4, -0.2) is 114 Å². The van der Waals surface area contributed by atoms with Crippen molar-refractivity contribution in [2.45, 2.75) is 183 Å². The summed E-state index contributed by atoms with van der Waals surface area (Å²) in [4.78, 5) is 106. The molecule has 8 aromatic rings. The molecule has 0 aliphatic heterocycles. The number of aromatic nitrogens is 8. The third-order valence-electron chi connectivity index (χ3n) is 17.6. The summed E-state index contributed by atoms with van der Waals surface area (Å²) < 4.78 is 89.0. The predicted octanol–water partition coefficient (Wildman–Crippen LogP) is 16.2. The zero-order valence-corrected chi connectivity index (χ0v) is 61.5. The van der Waals surface area contributed by atoms with Gasteiger partial charge in [0.05, 0.1) is 73.9 Å². The summed E-state index contributed by atoms with van der Waals surface area (Å²) in [5, 5.41) is 11.4. The number of methoxy groups -OCH3 is 2. The van der Waals surface area contributed by atoms with Crippen molar-refractivity contribution >= 4 is 35.6 Å². The fourth-order valence-electron chi connectivity index (χ4n) is 11.8. The van der Waals surface area contributed by atoms with Crippen LogP contribution < -0.4 is 21.3 Å². The van der Waals surface area contributed by atoms with E-state index in [0.717, 1.165) is 56.4 Å². The number of aromatic amines is 4. The van der Waals surface area contributed by atoms with Crippen molar-refractivity contribution in [2.24, 2.45) is 35.5 Å². The molecule has 0 aliphatic carbocycles. The van der Waals surface area contributed by atoms with Crippen LogP contribution >= 0.6 is 0 Å². The zero-order chi connectivity index (χ0) is 76.3. The van der Waals surface area contributed by atoms with Crippen molar-refractivity contribution < 1.29 is 64.6 Å². The zero-order valence-electron chi connectivity index (χ0n) is 61.5. The Bertz CT molecular complexity index is 3820. The van der Waals surface area contributed by atoms with Crippen molar-refractivity contribution in [2.75, 3.05) is 14.2 Å². The van der Waals surface area contributed by atoms with Crippen LogP contribution in [0.2, 0.25) is 0 Å². The van der Waals surface area contributed by atoms with E-state index >= 15 is 0 Å². The summed E-state index contributed by atoms with van der Waals surface area (Å²) in [7, 11) is 2.36. The highest BCUT2D eigenvalue weighted by molar-refractivity contribution is 5.86. The van der Waals surface area contributed by atoms with Gasteiger partial charge in [-0.05, 0) is 92.9 Å². The maximum atomic E-state index is 13.2. The van der Waals surface area contributed by atoms with Crippen LogP contribution in [-0.2, 0) is 38.2 Å². The first-order valence-electron chi connectivity index (χ1n) is 35.2. The second kappa shape index (κ2) is 37.0. The second-order valence-electron chi connectivity index (χ2n) is 28.5. The van der Waals surface area contributed by atoms with Crippen molar-refractivity contribution in [3.8, 4) is 67.3 Å². The Labute approximate surface area is 603 Å². The Morgan fingerprint density at radius 2 is 0.596 bits per heavy atom. The number of hydrogen-bond acceptors (Lipinski definition) is 12. The number of benzene rings is 4. The molecule has 4 aromatic carbocycles.